The SMILES string of the molecule is COC(=O)CC(NC(=O)N1CCC(c2nc3ccncc3n2C)C1)c1ccccc1. The average Bonchev–Trinajstić information content (AvgIpc) is 3.39. The summed E-state index contributed by atoms with van der Waals surface area (Å²) in [7, 11) is 3.33. The van der Waals surface area contributed by atoms with Crippen molar-refractivity contribution < 1.29 is 14.3 Å². The number of nitrogens with one attached hydrogen (secondary N) is 1. The fourth-order valence-corrected chi connectivity index (χ4v) is 4.00. The maximum absolute atomic E-state index is 13.0. The second kappa shape index (κ2) is 8.52. The van der Waals surface area contributed by atoms with Crippen LogP contribution in [0.15, 0.2) is 48.8 Å². The van der Waals surface area contributed by atoms with Gasteiger partial charge in [0, 0.05) is 32.3 Å². The maximum Gasteiger partial charge on any atom is 0.317 e. The summed E-state index contributed by atoms with van der Waals surface area (Å²) in [6.07, 6.45) is 4.47. The molecule has 156 valence electrons. The Kier molecular flexibility index (Phi) is 5.65. The molecule has 2 aromatic heterocycles. The van der Waals surface area contributed by atoms with Crippen molar-refractivity contribution in [3.05, 3.63) is 60.2 Å². The first-order valence-electron chi connectivity index (χ1n) is 10.0. The maximum atomic E-state index is 13.0. The molecule has 1 aliphatic rings. The minimum absolute atomic E-state index is 0.0846. The molecule has 30 heavy (non-hydrogen) atoms. The van der Waals surface area contributed by atoms with E-state index in [1.807, 2.05) is 49.6 Å². The molecule has 0 radical (unpaired) electrons. The lowest BCUT2D eigenvalue weighted by Gasteiger charge is -2.23. The Labute approximate surface area is 174 Å². The van der Waals surface area contributed by atoms with Gasteiger partial charge in [-0.1, -0.05) is 30.3 Å². The van der Waals surface area contributed by atoms with Gasteiger partial charge in [0.15, 0.2) is 0 Å². The van der Waals surface area contributed by atoms with Gasteiger partial charge in [-0.05, 0) is 18.1 Å². The highest BCUT2D eigenvalue weighted by atomic mass is 16.5. The molecule has 8 heteroatoms. The normalized spacial score (nSPS) is 17.1. The van der Waals surface area contributed by atoms with Gasteiger partial charge in [-0.3, -0.25) is 9.78 Å². The first-order valence-corrected chi connectivity index (χ1v) is 10.0. The molecule has 3 heterocycles. The number of aromatic nitrogens is 3. The summed E-state index contributed by atoms with van der Waals surface area (Å²) in [5.74, 6) is 0.753. The van der Waals surface area contributed by atoms with Crippen molar-refractivity contribution in [2.24, 2.45) is 7.05 Å². The molecule has 0 bridgehead atoms. The molecule has 1 N–H and O–H groups in total. The van der Waals surface area contributed by atoms with Gasteiger partial charge >= 0.3 is 12.0 Å². The minimum atomic E-state index is -0.438. The number of pyridine rings is 1. The van der Waals surface area contributed by atoms with Gasteiger partial charge in [0.2, 0.25) is 0 Å². The van der Waals surface area contributed by atoms with E-state index in [-0.39, 0.29) is 24.3 Å². The van der Waals surface area contributed by atoms with E-state index in [2.05, 4.69) is 14.9 Å². The number of hydrogen-bond donors (Lipinski definition) is 1. The number of urea groups is 1. The van der Waals surface area contributed by atoms with Gasteiger partial charge in [-0.25, -0.2) is 9.78 Å². The number of fused-ring (bicyclic) bond motifs is 1. The van der Waals surface area contributed by atoms with E-state index >= 15 is 0 Å². The molecule has 1 saturated heterocycles. The van der Waals surface area contributed by atoms with Gasteiger partial charge in [-0.15, -0.1) is 0 Å². The number of nitrogens with zero attached hydrogens (tertiary/aromatic N) is 4. The fraction of sp³-hybridized carbons (Fsp3) is 0.364. The third-order valence-corrected chi connectivity index (χ3v) is 5.66. The largest absolute Gasteiger partial charge is 0.469 e. The Bertz CT molecular complexity index is 1050. The van der Waals surface area contributed by atoms with E-state index < -0.39 is 6.04 Å². The Morgan fingerprint density at radius 1 is 1.27 bits per heavy atom. The first kappa shape index (κ1) is 19.9. The zero-order valence-electron chi connectivity index (χ0n) is 17.1. The van der Waals surface area contributed by atoms with Crippen molar-refractivity contribution in [2.45, 2.75) is 24.8 Å². The van der Waals surface area contributed by atoms with Crippen LogP contribution in [-0.2, 0) is 16.6 Å². The van der Waals surface area contributed by atoms with E-state index in [0.29, 0.717) is 13.1 Å². The number of carbonyl (C=O) groups is 2. The fourth-order valence-electron chi connectivity index (χ4n) is 4.00. The van der Waals surface area contributed by atoms with Crippen molar-refractivity contribution in [2.75, 3.05) is 20.2 Å². The molecule has 2 unspecified atom stereocenters. The summed E-state index contributed by atoms with van der Waals surface area (Å²) >= 11 is 0. The predicted octanol–water partition coefficient (Wildman–Crippen LogP) is 2.77. The first-order chi connectivity index (χ1) is 14.6. The highest BCUT2D eigenvalue weighted by Crippen LogP contribution is 2.29. The van der Waals surface area contributed by atoms with Crippen LogP contribution in [0.5, 0.6) is 0 Å². The van der Waals surface area contributed by atoms with Crippen molar-refractivity contribution in [3.63, 3.8) is 0 Å². The van der Waals surface area contributed by atoms with Crippen LogP contribution in [0, 0.1) is 0 Å². The Balaban J connectivity index is 1.46. The van der Waals surface area contributed by atoms with E-state index in [0.717, 1.165) is 28.8 Å². The topological polar surface area (TPSA) is 89.3 Å². The lowest BCUT2D eigenvalue weighted by molar-refractivity contribution is -0.141. The third kappa shape index (κ3) is 3.98. The number of esters is 1. The summed E-state index contributed by atoms with van der Waals surface area (Å²) in [6, 6.07) is 10.7. The molecule has 0 spiro atoms. The molecule has 8 nitrogen and oxygen atoms in total. The summed E-state index contributed by atoms with van der Waals surface area (Å²) < 4.78 is 6.86. The highest BCUT2D eigenvalue weighted by molar-refractivity contribution is 5.77. The van der Waals surface area contributed by atoms with Gasteiger partial charge in [-0.2, -0.15) is 0 Å². The van der Waals surface area contributed by atoms with Crippen molar-refractivity contribution >= 4 is 23.0 Å². The number of amides is 2. The third-order valence-electron chi connectivity index (χ3n) is 5.66. The predicted molar refractivity (Wildman–Crippen MR) is 112 cm³/mol. The second-order valence-electron chi connectivity index (χ2n) is 7.52. The highest BCUT2D eigenvalue weighted by Gasteiger charge is 2.32. The summed E-state index contributed by atoms with van der Waals surface area (Å²) in [6.45, 7) is 1.22. The molecule has 0 saturated carbocycles. The number of benzene rings is 1. The minimum Gasteiger partial charge on any atom is -0.469 e. The van der Waals surface area contributed by atoms with Gasteiger partial charge in [0.05, 0.1) is 36.8 Å². The molecule has 2 amide bonds. The molecule has 1 fully saturated rings. The smallest absolute Gasteiger partial charge is 0.317 e. The van der Waals surface area contributed by atoms with Crippen molar-refractivity contribution in [1.82, 2.24) is 24.8 Å². The number of imidazole rings is 1. The standard InChI is InChI=1S/C22H25N5O3/c1-26-19-13-23-10-8-17(19)24-21(26)16-9-11-27(14-16)22(29)25-18(12-20(28)30-2)15-6-4-3-5-7-15/h3-8,10,13,16,18H,9,11-12,14H2,1-2H3,(H,25,29). The zero-order chi connectivity index (χ0) is 21.1. The Hall–Kier alpha value is -3.42. The average molecular weight is 407 g/mol. The molecule has 0 aliphatic carbocycles. The van der Waals surface area contributed by atoms with Crippen molar-refractivity contribution in [1.29, 1.82) is 0 Å². The number of aryl methyl sites for hydroxylation is 1. The monoisotopic (exact) mass is 407 g/mol. The number of methoxy groups -OCH3 is 1. The van der Waals surface area contributed by atoms with E-state index in [1.54, 1.807) is 11.1 Å². The van der Waals surface area contributed by atoms with Crippen LogP contribution in [-0.4, -0.2) is 51.6 Å². The van der Waals surface area contributed by atoms with Crippen LogP contribution < -0.4 is 5.32 Å². The summed E-state index contributed by atoms with van der Waals surface area (Å²) in [5, 5.41) is 3.00. The quantitative estimate of drug-likeness (QED) is 0.657. The Morgan fingerprint density at radius 2 is 2.07 bits per heavy atom. The van der Waals surface area contributed by atoms with Crippen LogP contribution in [0.1, 0.15) is 36.2 Å². The molecule has 2 atom stereocenters. The van der Waals surface area contributed by atoms with Crippen molar-refractivity contribution in [3.8, 4) is 0 Å². The number of likely N-dealkylation sites (tertiary alicyclic amines) is 1. The summed E-state index contributed by atoms with van der Waals surface area (Å²) in [4.78, 5) is 35.5. The van der Waals surface area contributed by atoms with Crippen LogP contribution in [0.25, 0.3) is 11.0 Å². The molecule has 1 aromatic carbocycles. The number of carbonyl (C=O) groups excluding carboxylic acids is 2. The van der Waals surface area contributed by atoms with Gasteiger partial charge in [0.1, 0.15) is 5.82 Å². The molecule has 1 aliphatic heterocycles. The number of ether oxygens (including phenoxy) is 1. The molecular weight excluding hydrogens is 382 g/mol. The van der Waals surface area contributed by atoms with Gasteiger partial charge < -0.3 is 19.5 Å². The number of rotatable bonds is 5. The molecule has 3 aromatic rings. The Morgan fingerprint density at radius 3 is 2.80 bits per heavy atom. The van der Waals surface area contributed by atoms with Crippen LogP contribution in [0.2, 0.25) is 0 Å². The van der Waals surface area contributed by atoms with E-state index in [4.69, 9.17) is 9.72 Å². The lowest BCUT2D eigenvalue weighted by Crippen LogP contribution is -2.41. The van der Waals surface area contributed by atoms with E-state index in [1.165, 1.54) is 7.11 Å². The van der Waals surface area contributed by atoms with E-state index in [9.17, 15) is 9.59 Å². The molecular formula is C22H25N5O3. The van der Waals surface area contributed by atoms with Crippen LogP contribution >= 0.6 is 0 Å². The van der Waals surface area contributed by atoms with Crippen LogP contribution in [0.4, 0.5) is 4.79 Å². The molecule has 4 rings (SSSR count). The van der Waals surface area contributed by atoms with Crippen LogP contribution in [0.3, 0.4) is 0 Å². The van der Waals surface area contributed by atoms with Gasteiger partial charge in [0.25, 0.3) is 0 Å². The zero-order valence-corrected chi connectivity index (χ0v) is 17.1. The second-order valence-corrected chi connectivity index (χ2v) is 7.52. The summed E-state index contributed by atoms with van der Waals surface area (Å²) in [5.41, 5.74) is 2.76. The number of hydrogen-bond acceptors (Lipinski definition) is 5. The lowest BCUT2D eigenvalue weighted by atomic mass is 10.0.